The van der Waals surface area contributed by atoms with Crippen molar-refractivity contribution >= 4 is 5.97 Å². The molecule has 0 spiro atoms. The van der Waals surface area contributed by atoms with Crippen molar-refractivity contribution in [3.63, 3.8) is 0 Å². The smallest absolute Gasteiger partial charge is 0.309 e. The first-order valence-corrected chi connectivity index (χ1v) is 5.29. The van der Waals surface area contributed by atoms with Crippen LogP contribution in [0.2, 0.25) is 0 Å². The van der Waals surface area contributed by atoms with Gasteiger partial charge in [-0.2, -0.15) is 0 Å². The zero-order valence-electron chi connectivity index (χ0n) is 9.41. The zero-order chi connectivity index (χ0) is 11.0. The van der Waals surface area contributed by atoms with Crippen LogP contribution < -0.4 is 0 Å². The van der Waals surface area contributed by atoms with E-state index in [0.717, 1.165) is 6.42 Å². The normalized spacial score (nSPS) is 23.7. The second-order valence-electron chi connectivity index (χ2n) is 4.26. The molecule has 0 unspecified atom stereocenters. The maximum absolute atomic E-state index is 11.3. The first-order chi connectivity index (χ1) is 7.15. The SMILES string of the molecule is COC(=O)[C@@H]1C[C@H]1c1cccc(C)c1C. The minimum absolute atomic E-state index is 0.0686. The molecule has 2 heteroatoms. The topological polar surface area (TPSA) is 26.3 Å². The van der Waals surface area contributed by atoms with Crippen molar-refractivity contribution in [2.75, 3.05) is 7.11 Å². The summed E-state index contributed by atoms with van der Waals surface area (Å²) in [4.78, 5) is 11.3. The molecule has 80 valence electrons. The Morgan fingerprint density at radius 1 is 1.40 bits per heavy atom. The van der Waals surface area contributed by atoms with E-state index in [0.29, 0.717) is 5.92 Å². The van der Waals surface area contributed by atoms with Crippen LogP contribution in [0.5, 0.6) is 0 Å². The van der Waals surface area contributed by atoms with Crippen LogP contribution in [0.15, 0.2) is 18.2 Å². The van der Waals surface area contributed by atoms with Gasteiger partial charge in [0, 0.05) is 0 Å². The largest absolute Gasteiger partial charge is 0.469 e. The summed E-state index contributed by atoms with van der Waals surface area (Å²) in [6.07, 6.45) is 0.941. The van der Waals surface area contributed by atoms with E-state index >= 15 is 0 Å². The van der Waals surface area contributed by atoms with Crippen molar-refractivity contribution in [1.29, 1.82) is 0 Å². The number of hydrogen-bond acceptors (Lipinski definition) is 2. The Balaban J connectivity index is 2.20. The van der Waals surface area contributed by atoms with Gasteiger partial charge in [0.1, 0.15) is 0 Å². The van der Waals surface area contributed by atoms with Gasteiger partial charge in [0.05, 0.1) is 13.0 Å². The summed E-state index contributed by atoms with van der Waals surface area (Å²) in [6.45, 7) is 4.23. The molecular weight excluding hydrogens is 188 g/mol. The maximum atomic E-state index is 11.3. The van der Waals surface area contributed by atoms with E-state index in [1.165, 1.54) is 23.8 Å². The third-order valence-electron chi connectivity index (χ3n) is 3.34. The first-order valence-electron chi connectivity index (χ1n) is 5.29. The van der Waals surface area contributed by atoms with E-state index in [1.807, 2.05) is 0 Å². The molecule has 0 saturated heterocycles. The average Bonchev–Trinajstić information content (AvgIpc) is 3.01. The highest BCUT2D eigenvalue weighted by atomic mass is 16.5. The first kappa shape index (κ1) is 10.2. The molecule has 1 aliphatic carbocycles. The van der Waals surface area contributed by atoms with Crippen LogP contribution in [0.1, 0.15) is 29.0 Å². The molecule has 1 fully saturated rings. The van der Waals surface area contributed by atoms with Crippen molar-refractivity contribution in [2.24, 2.45) is 5.92 Å². The van der Waals surface area contributed by atoms with Crippen molar-refractivity contribution in [2.45, 2.75) is 26.2 Å². The molecule has 0 amide bonds. The van der Waals surface area contributed by atoms with Crippen molar-refractivity contribution in [3.05, 3.63) is 34.9 Å². The van der Waals surface area contributed by atoms with Gasteiger partial charge >= 0.3 is 5.97 Å². The number of carbonyl (C=O) groups excluding carboxylic acids is 1. The number of esters is 1. The van der Waals surface area contributed by atoms with Gasteiger partial charge in [-0.3, -0.25) is 4.79 Å². The summed E-state index contributed by atoms with van der Waals surface area (Å²) in [5, 5.41) is 0. The lowest BCUT2D eigenvalue weighted by atomic mass is 9.99. The van der Waals surface area contributed by atoms with Crippen LogP contribution >= 0.6 is 0 Å². The molecule has 0 radical (unpaired) electrons. The summed E-state index contributed by atoms with van der Waals surface area (Å²) in [5.41, 5.74) is 3.92. The van der Waals surface area contributed by atoms with Gasteiger partial charge < -0.3 is 4.74 Å². The van der Waals surface area contributed by atoms with Crippen LogP contribution in [0.3, 0.4) is 0 Å². The predicted octanol–water partition coefficient (Wildman–Crippen LogP) is 2.58. The van der Waals surface area contributed by atoms with Crippen LogP contribution in [0, 0.1) is 19.8 Å². The van der Waals surface area contributed by atoms with E-state index in [1.54, 1.807) is 0 Å². The number of aryl methyl sites for hydroxylation is 1. The summed E-state index contributed by atoms with van der Waals surface area (Å²) in [5.74, 6) is 0.411. The summed E-state index contributed by atoms with van der Waals surface area (Å²) in [7, 11) is 1.46. The van der Waals surface area contributed by atoms with Gasteiger partial charge in [-0.15, -0.1) is 0 Å². The van der Waals surface area contributed by atoms with E-state index in [-0.39, 0.29) is 11.9 Å². The molecule has 0 heterocycles. The maximum Gasteiger partial charge on any atom is 0.309 e. The summed E-state index contributed by atoms with van der Waals surface area (Å²) < 4.78 is 4.76. The Morgan fingerprint density at radius 2 is 2.13 bits per heavy atom. The van der Waals surface area contributed by atoms with Crippen LogP contribution in [-0.4, -0.2) is 13.1 Å². The van der Waals surface area contributed by atoms with Crippen molar-refractivity contribution in [3.8, 4) is 0 Å². The highest BCUT2D eigenvalue weighted by Gasteiger charge is 2.45. The molecule has 1 aromatic carbocycles. The monoisotopic (exact) mass is 204 g/mol. The quantitative estimate of drug-likeness (QED) is 0.692. The molecule has 15 heavy (non-hydrogen) atoms. The Morgan fingerprint density at radius 3 is 2.80 bits per heavy atom. The molecule has 0 N–H and O–H groups in total. The van der Waals surface area contributed by atoms with Gasteiger partial charge in [-0.1, -0.05) is 18.2 Å². The second-order valence-corrected chi connectivity index (χ2v) is 4.26. The standard InChI is InChI=1S/C13H16O2/c1-8-5-4-6-10(9(8)2)11-7-12(11)13(14)15-3/h4-6,11-12H,7H2,1-3H3/t11-,12+/m0/s1. The van der Waals surface area contributed by atoms with Crippen LogP contribution in [-0.2, 0) is 9.53 Å². The van der Waals surface area contributed by atoms with Gasteiger partial charge in [0.2, 0.25) is 0 Å². The zero-order valence-corrected chi connectivity index (χ0v) is 9.41. The molecule has 2 atom stereocenters. The van der Waals surface area contributed by atoms with Crippen molar-refractivity contribution in [1.82, 2.24) is 0 Å². The lowest BCUT2D eigenvalue weighted by molar-refractivity contribution is -0.142. The molecule has 2 nitrogen and oxygen atoms in total. The highest BCUT2D eigenvalue weighted by molar-refractivity contribution is 5.77. The highest BCUT2D eigenvalue weighted by Crippen LogP contribution is 2.49. The number of carbonyl (C=O) groups is 1. The average molecular weight is 204 g/mol. The molecule has 0 aliphatic heterocycles. The lowest BCUT2D eigenvalue weighted by Crippen LogP contribution is -2.04. The van der Waals surface area contributed by atoms with Crippen LogP contribution in [0.4, 0.5) is 0 Å². The van der Waals surface area contributed by atoms with Crippen molar-refractivity contribution < 1.29 is 9.53 Å². The Hall–Kier alpha value is -1.31. The molecule has 1 saturated carbocycles. The lowest BCUT2D eigenvalue weighted by Gasteiger charge is -2.07. The number of hydrogen-bond donors (Lipinski definition) is 0. The van der Waals surface area contributed by atoms with Crippen LogP contribution in [0.25, 0.3) is 0 Å². The van der Waals surface area contributed by atoms with Gasteiger partial charge in [0.25, 0.3) is 0 Å². The molecule has 1 aliphatic rings. The Labute approximate surface area is 90.3 Å². The molecule has 0 bridgehead atoms. The van der Waals surface area contributed by atoms with E-state index < -0.39 is 0 Å². The number of methoxy groups -OCH3 is 1. The fraction of sp³-hybridized carbons (Fsp3) is 0.462. The fourth-order valence-corrected chi connectivity index (χ4v) is 2.13. The number of ether oxygens (including phenoxy) is 1. The summed E-state index contributed by atoms with van der Waals surface area (Å²) in [6, 6.07) is 6.29. The third-order valence-corrected chi connectivity index (χ3v) is 3.34. The Bertz CT molecular complexity index is 396. The third kappa shape index (κ3) is 1.76. The molecule has 1 aromatic rings. The van der Waals surface area contributed by atoms with E-state index in [2.05, 4.69) is 32.0 Å². The number of rotatable bonds is 2. The Kier molecular flexibility index (Phi) is 2.51. The van der Waals surface area contributed by atoms with E-state index in [4.69, 9.17) is 4.74 Å². The molecular formula is C13H16O2. The number of benzene rings is 1. The van der Waals surface area contributed by atoms with Gasteiger partial charge in [0.15, 0.2) is 0 Å². The summed E-state index contributed by atoms with van der Waals surface area (Å²) >= 11 is 0. The minimum atomic E-state index is -0.0686. The second kappa shape index (κ2) is 3.69. The molecule has 0 aromatic heterocycles. The van der Waals surface area contributed by atoms with Gasteiger partial charge in [-0.25, -0.2) is 0 Å². The molecule has 2 rings (SSSR count). The predicted molar refractivity (Wildman–Crippen MR) is 58.8 cm³/mol. The van der Waals surface area contributed by atoms with Gasteiger partial charge in [-0.05, 0) is 42.9 Å². The fourth-order valence-electron chi connectivity index (χ4n) is 2.13. The minimum Gasteiger partial charge on any atom is -0.469 e. The van der Waals surface area contributed by atoms with E-state index in [9.17, 15) is 4.79 Å².